The molecule has 0 aliphatic carbocycles. The van der Waals surface area contributed by atoms with Gasteiger partial charge in [-0.25, -0.2) is 9.59 Å². The normalized spacial score (nSPS) is 10.2. The van der Waals surface area contributed by atoms with Crippen LogP contribution in [0.25, 0.3) is 0 Å². The first-order chi connectivity index (χ1) is 8.93. The second kappa shape index (κ2) is 6.20. The fourth-order valence-electron chi connectivity index (χ4n) is 1.17. The molecule has 0 aromatic heterocycles. The highest BCUT2D eigenvalue weighted by Gasteiger charge is 2.06. The minimum atomic E-state index is -1.38. The van der Waals surface area contributed by atoms with Crippen molar-refractivity contribution in [1.82, 2.24) is 0 Å². The Morgan fingerprint density at radius 2 is 2.00 bits per heavy atom. The number of carbonyl (C=O) groups excluding carboxylic acids is 2. The summed E-state index contributed by atoms with van der Waals surface area (Å²) < 4.78 is 4.29. The van der Waals surface area contributed by atoms with E-state index in [4.69, 9.17) is 5.11 Å². The van der Waals surface area contributed by atoms with Crippen LogP contribution in [0.1, 0.15) is 10.4 Å². The predicted octanol–water partition coefficient (Wildman–Crippen LogP) is 0.126. The average Bonchev–Trinajstić information content (AvgIpc) is 2.37. The Kier molecular flexibility index (Phi) is 4.64. The van der Waals surface area contributed by atoms with Crippen LogP contribution in [0.15, 0.2) is 30.4 Å². The molecule has 19 heavy (non-hydrogen) atoms. The van der Waals surface area contributed by atoms with Crippen LogP contribution < -0.4 is 10.4 Å². The van der Waals surface area contributed by atoms with E-state index >= 15 is 0 Å². The summed E-state index contributed by atoms with van der Waals surface area (Å²) in [6.07, 6.45) is 1.84. The number of aromatic carboxylic acids is 1. The van der Waals surface area contributed by atoms with E-state index in [0.717, 1.165) is 31.4 Å². The predicted molar refractivity (Wildman–Crippen MR) is 62.6 cm³/mol. The van der Waals surface area contributed by atoms with Gasteiger partial charge in [0, 0.05) is 17.8 Å². The molecule has 0 radical (unpaired) electrons. The molecular weight excluding hydrogens is 254 g/mol. The van der Waals surface area contributed by atoms with Gasteiger partial charge in [-0.15, -0.1) is 0 Å². The van der Waals surface area contributed by atoms with Gasteiger partial charge >= 0.3 is 11.9 Å². The molecule has 0 aliphatic rings. The van der Waals surface area contributed by atoms with Gasteiger partial charge in [0.15, 0.2) is 0 Å². The zero-order valence-electron chi connectivity index (χ0n) is 9.88. The van der Waals surface area contributed by atoms with Crippen LogP contribution in [0.3, 0.4) is 0 Å². The number of hydrogen-bond acceptors (Lipinski definition) is 5. The summed E-state index contributed by atoms with van der Waals surface area (Å²) >= 11 is 0. The molecule has 1 aromatic carbocycles. The van der Waals surface area contributed by atoms with Crippen molar-refractivity contribution in [1.29, 1.82) is 0 Å². The smallest absolute Gasteiger partial charge is 0.335 e. The third kappa shape index (κ3) is 4.15. The molecule has 0 fully saturated rings. The highest BCUT2D eigenvalue weighted by atomic mass is 16.5. The van der Waals surface area contributed by atoms with Crippen molar-refractivity contribution in [3.63, 3.8) is 0 Å². The monoisotopic (exact) mass is 264 g/mol. The lowest BCUT2D eigenvalue weighted by molar-refractivity contribution is -0.268. The molecular formula is C12H10NO6-. The molecule has 7 nitrogen and oxygen atoms in total. The van der Waals surface area contributed by atoms with Crippen molar-refractivity contribution < 1.29 is 29.3 Å². The van der Waals surface area contributed by atoms with Crippen LogP contribution in [-0.2, 0) is 14.3 Å². The molecule has 1 aromatic rings. The number of esters is 1. The van der Waals surface area contributed by atoms with E-state index < -0.39 is 29.2 Å². The minimum Gasteiger partial charge on any atom is -0.872 e. The maximum atomic E-state index is 11.4. The number of anilines is 1. The molecule has 0 saturated heterocycles. The lowest BCUT2D eigenvalue weighted by atomic mass is 10.2. The maximum Gasteiger partial charge on any atom is 0.335 e. The summed E-state index contributed by atoms with van der Waals surface area (Å²) in [7, 11) is 1.16. The van der Waals surface area contributed by atoms with E-state index in [1.54, 1.807) is 0 Å². The van der Waals surface area contributed by atoms with Crippen molar-refractivity contribution in [2.24, 2.45) is 0 Å². The van der Waals surface area contributed by atoms with Crippen molar-refractivity contribution >= 4 is 23.5 Å². The number of benzene rings is 1. The number of methoxy groups -OCH3 is 1. The van der Waals surface area contributed by atoms with Gasteiger partial charge < -0.3 is 20.3 Å². The topological polar surface area (TPSA) is 116 Å². The largest absolute Gasteiger partial charge is 0.872 e. The summed E-state index contributed by atoms with van der Waals surface area (Å²) in [5.41, 5.74) is -0.314. The lowest BCUT2D eigenvalue weighted by Gasteiger charge is -2.11. The van der Waals surface area contributed by atoms with Gasteiger partial charge in [0.1, 0.15) is 0 Å². The van der Waals surface area contributed by atoms with Crippen molar-refractivity contribution in [3.05, 3.63) is 35.9 Å². The van der Waals surface area contributed by atoms with Gasteiger partial charge in [0.2, 0.25) is 5.91 Å². The fraction of sp³-hybridized carbons (Fsp3) is 0.0833. The number of nitrogens with one attached hydrogen (secondary N) is 1. The zero-order valence-corrected chi connectivity index (χ0v) is 9.88. The first-order valence-corrected chi connectivity index (χ1v) is 5.05. The van der Waals surface area contributed by atoms with E-state index in [0.29, 0.717) is 0 Å². The van der Waals surface area contributed by atoms with Crippen LogP contribution in [0.5, 0.6) is 5.75 Å². The molecule has 100 valence electrons. The third-order valence-electron chi connectivity index (χ3n) is 2.05. The average molecular weight is 264 g/mol. The van der Waals surface area contributed by atoms with Crippen LogP contribution in [-0.4, -0.2) is 30.1 Å². The maximum absolute atomic E-state index is 11.4. The van der Waals surface area contributed by atoms with E-state index in [9.17, 15) is 19.5 Å². The highest BCUT2D eigenvalue weighted by Crippen LogP contribution is 2.19. The molecule has 0 aliphatic heterocycles. The quantitative estimate of drug-likeness (QED) is 0.589. The standard InChI is InChI=1S/C12H11NO6/c1-19-11(16)5-4-10(15)13-7-2-3-9(14)8(6-7)12(17)18/h2-6,14H,1H3,(H,13,15)(H,17,18)/p-1/b5-4-. The molecule has 2 N–H and O–H groups in total. The van der Waals surface area contributed by atoms with E-state index in [2.05, 4.69) is 10.1 Å². The van der Waals surface area contributed by atoms with Crippen LogP contribution >= 0.6 is 0 Å². The summed E-state index contributed by atoms with van der Waals surface area (Å²) in [5.74, 6) is -3.39. The Morgan fingerprint density at radius 1 is 1.32 bits per heavy atom. The van der Waals surface area contributed by atoms with Crippen LogP contribution in [0.4, 0.5) is 5.69 Å². The van der Waals surface area contributed by atoms with Gasteiger partial charge in [-0.2, -0.15) is 0 Å². The second-order valence-corrected chi connectivity index (χ2v) is 3.36. The molecule has 1 rings (SSSR count). The van der Waals surface area contributed by atoms with Crippen molar-refractivity contribution in [3.8, 4) is 5.75 Å². The fourth-order valence-corrected chi connectivity index (χ4v) is 1.17. The van der Waals surface area contributed by atoms with Gasteiger partial charge in [-0.05, 0) is 12.1 Å². The molecule has 0 atom stereocenters. The number of amides is 1. The third-order valence-corrected chi connectivity index (χ3v) is 2.05. The molecule has 0 bridgehead atoms. The summed E-state index contributed by atoms with van der Waals surface area (Å²) in [6.45, 7) is 0. The Labute approximate surface area is 108 Å². The molecule has 0 heterocycles. The SMILES string of the molecule is COC(=O)/C=C\C(=O)Nc1ccc([O-])c(C(=O)O)c1. The lowest BCUT2D eigenvalue weighted by Crippen LogP contribution is -2.11. The van der Waals surface area contributed by atoms with Gasteiger partial charge in [0.25, 0.3) is 0 Å². The number of hydrogen-bond donors (Lipinski definition) is 2. The molecule has 0 unspecified atom stereocenters. The number of carbonyl (C=O) groups is 3. The van der Waals surface area contributed by atoms with Crippen molar-refractivity contribution in [2.75, 3.05) is 12.4 Å². The molecule has 0 saturated carbocycles. The number of carboxylic acid groups (broad SMARTS) is 1. The van der Waals surface area contributed by atoms with Crippen LogP contribution in [0.2, 0.25) is 0 Å². The number of rotatable bonds is 4. The summed E-state index contributed by atoms with van der Waals surface area (Å²) in [5, 5.41) is 22.2. The Hall–Kier alpha value is -2.83. The minimum absolute atomic E-state index is 0.136. The van der Waals surface area contributed by atoms with Gasteiger partial charge in [0.05, 0.1) is 12.7 Å². The second-order valence-electron chi connectivity index (χ2n) is 3.36. The van der Waals surface area contributed by atoms with E-state index in [1.165, 1.54) is 6.07 Å². The van der Waals surface area contributed by atoms with Crippen LogP contribution in [0, 0.1) is 0 Å². The molecule has 7 heteroatoms. The first kappa shape index (κ1) is 14.2. The Morgan fingerprint density at radius 3 is 2.58 bits per heavy atom. The zero-order chi connectivity index (χ0) is 14.4. The van der Waals surface area contributed by atoms with E-state index in [-0.39, 0.29) is 5.69 Å². The number of carboxylic acids is 1. The molecule has 0 spiro atoms. The summed E-state index contributed by atoms with van der Waals surface area (Å²) in [4.78, 5) is 32.8. The number of ether oxygens (including phenoxy) is 1. The Bertz CT molecular complexity index is 549. The van der Waals surface area contributed by atoms with Gasteiger partial charge in [-0.3, -0.25) is 4.79 Å². The first-order valence-electron chi connectivity index (χ1n) is 5.05. The van der Waals surface area contributed by atoms with Gasteiger partial charge in [-0.1, -0.05) is 11.8 Å². The van der Waals surface area contributed by atoms with Crippen molar-refractivity contribution in [2.45, 2.75) is 0 Å². The molecule has 1 amide bonds. The van der Waals surface area contributed by atoms with E-state index in [1.807, 2.05) is 0 Å². The highest BCUT2D eigenvalue weighted by molar-refractivity contribution is 6.03. The summed E-state index contributed by atoms with van der Waals surface area (Å²) in [6, 6.07) is 3.33. The Balaban J connectivity index is 2.80.